The maximum Gasteiger partial charge on any atom is 0.303 e. The number of pyridine rings is 1. The molecule has 0 radical (unpaired) electrons. The van der Waals surface area contributed by atoms with Gasteiger partial charge in [0.05, 0.1) is 4.91 Å². The van der Waals surface area contributed by atoms with E-state index in [1.807, 2.05) is 13.0 Å². The van der Waals surface area contributed by atoms with Gasteiger partial charge in [-0.15, -0.1) is 0 Å². The van der Waals surface area contributed by atoms with Gasteiger partial charge in [0, 0.05) is 38.2 Å². The molecule has 0 aliphatic carbocycles. The smallest absolute Gasteiger partial charge is 0.303 e. The minimum absolute atomic E-state index is 0.107. The first-order valence-corrected chi connectivity index (χ1v) is 17.2. The second kappa shape index (κ2) is 17.0. The number of thioether (sulfide) groups is 1. The summed E-state index contributed by atoms with van der Waals surface area (Å²) >= 11 is 6.93. The van der Waals surface area contributed by atoms with E-state index in [1.165, 1.54) is 11.8 Å². The fourth-order valence-corrected chi connectivity index (χ4v) is 7.57. The molecule has 2 unspecified atom stereocenters. The predicted octanol–water partition coefficient (Wildman–Crippen LogP) is 7.11. The summed E-state index contributed by atoms with van der Waals surface area (Å²) in [5.74, 6) is 0.927. The number of hydrogen-bond donors (Lipinski definition) is 1. The Morgan fingerprint density at radius 2 is 1.63 bits per heavy atom. The van der Waals surface area contributed by atoms with Crippen molar-refractivity contribution < 1.29 is 14.7 Å². The van der Waals surface area contributed by atoms with Crippen LogP contribution < -0.4 is 10.5 Å². The lowest BCUT2D eigenvalue weighted by atomic mass is 9.91. The van der Waals surface area contributed by atoms with Gasteiger partial charge in [0.1, 0.15) is 21.8 Å². The number of thiocarbonyl (C=S) groups is 1. The third-order valence-corrected chi connectivity index (χ3v) is 9.80. The van der Waals surface area contributed by atoms with Gasteiger partial charge in [0.2, 0.25) is 0 Å². The molecule has 2 aliphatic rings. The Labute approximate surface area is 266 Å². The quantitative estimate of drug-likeness (QED) is 0.117. The molecular formula is C33H48N4O4S2. The van der Waals surface area contributed by atoms with Gasteiger partial charge >= 0.3 is 5.97 Å². The number of carboxylic acids is 1. The summed E-state index contributed by atoms with van der Waals surface area (Å²) < 4.78 is 2.33. The highest BCUT2D eigenvalue weighted by molar-refractivity contribution is 8.26. The van der Waals surface area contributed by atoms with Crippen LogP contribution in [-0.2, 0) is 16.1 Å². The SMILES string of the molecule is CCCCn1c(N2CC(C)CC(C)C2)c(C=C2SC(=S)N(CCCCCCCCCCC(=O)O)C2=O)c(C)c(C#N)c1=O. The van der Waals surface area contributed by atoms with E-state index in [-0.39, 0.29) is 23.5 Å². The van der Waals surface area contributed by atoms with Gasteiger partial charge in [-0.3, -0.25) is 23.9 Å². The molecule has 1 N–H and O–H groups in total. The van der Waals surface area contributed by atoms with Crippen LogP contribution in [0.4, 0.5) is 5.82 Å². The van der Waals surface area contributed by atoms with Crippen LogP contribution in [0.25, 0.3) is 6.08 Å². The van der Waals surface area contributed by atoms with Crippen LogP contribution in [0.15, 0.2) is 9.70 Å². The molecule has 2 aliphatic heterocycles. The second-order valence-corrected chi connectivity index (χ2v) is 14.0. The Morgan fingerprint density at radius 3 is 2.21 bits per heavy atom. The number of carbonyl (C=O) groups is 2. The van der Waals surface area contributed by atoms with Crippen molar-refractivity contribution in [3.63, 3.8) is 0 Å². The Bertz CT molecular complexity index is 1290. The van der Waals surface area contributed by atoms with Crippen molar-refractivity contribution in [1.82, 2.24) is 9.47 Å². The van der Waals surface area contributed by atoms with E-state index in [4.69, 9.17) is 17.3 Å². The van der Waals surface area contributed by atoms with Crippen LogP contribution in [-0.4, -0.2) is 50.4 Å². The van der Waals surface area contributed by atoms with E-state index >= 15 is 0 Å². The number of unbranched alkanes of at least 4 members (excludes halogenated alkanes) is 8. The van der Waals surface area contributed by atoms with Crippen molar-refractivity contribution in [2.75, 3.05) is 24.5 Å². The third kappa shape index (κ3) is 9.42. The van der Waals surface area contributed by atoms with Gasteiger partial charge in [-0.1, -0.05) is 89.7 Å². The minimum Gasteiger partial charge on any atom is -0.481 e. The van der Waals surface area contributed by atoms with Crippen molar-refractivity contribution in [2.24, 2.45) is 11.8 Å². The highest BCUT2D eigenvalue weighted by Crippen LogP contribution is 2.37. The van der Waals surface area contributed by atoms with E-state index in [0.29, 0.717) is 39.7 Å². The van der Waals surface area contributed by atoms with E-state index in [1.54, 1.807) is 9.47 Å². The third-order valence-electron chi connectivity index (χ3n) is 8.42. The Balaban J connectivity index is 1.78. The first kappa shape index (κ1) is 34.8. The average molecular weight is 629 g/mol. The van der Waals surface area contributed by atoms with Crippen LogP contribution in [0.2, 0.25) is 0 Å². The molecule has 2 fully saturated rings. The van der Waals surface area contributed by atoms with Crippen LogP contribution in [0.5, 0.6) is 0 Å². The van der Waals surface area contributed by atoms with Crippen LogP contribution in [0, 0.1) is 30.1 Å². The molecule has 10 heteroatoms. The number of nitriles is 1. The van der Waals surface area contributed by atoms with Crippen molar-refractivity contribution in [2.45, 2.75) is 111 Å². The van der Waals surface area contributed by atoms with Crippen molar-refractivity contribution in [3.8, 4) is 6.07 Å². The zero-order valence-electron chi connectivity index (χ0n) is 26.3. The minimum atomic E-state index is -0.727. The average Bonchev–Trinajstić information content (AvgIpc) is 3.21. The topological polar surface area (TPSA) is 107 Å². The summed E-state index contributed by atoms with van der Waals surface area (Å²) in [6.45, 7) is 11.1. The molecule has 0 saturated carbocycles. The molecule has 1 aromatic heterocycles. The second-order valence-electron chi connectivity index (χ2n) is 12.3. The van der Waals surface area contributed by atoms with Gasteiger partial charge in [-0.05, 0) is 56.1 Å². The Morgan fingerprint density at radius 1 is 1.02 bits per heavy atom. The normalized spacial score (nSPS) is 19.8. The number of aromatic nitrogens is 1. The molecule has 3 rings (SSSR count). The molecule has 0 spiro atoms. The number of carbonyl (C=O) groups excluding carboxylic acids is 1. The first-order valence-electron chi connectivity index (χ1n) is 16.0. The van der Waals surface area contributed by atoms with Crippen molar-refractivity contribution in [1.29, 1.82) is 5.26 Å². The summed E-state index contributed by atoms with van der Waals surface area (Å²) in [6, 6.07) is 2.15. The number of nitrogens with zero attached hydrogens (tertiary/aromatic N) is 4. The lowest BCUT2D eigenvalue weighted by Gasteiger charge is -2.39. The molecule has 0 bridgehead atoms. The number of piperidine rings is 1. The zero-order chi connectivity index (χ0) is 31.5. The molecule has 2 atom stereocenters. The van der Waals surface area contributed by atoms with E-state index in [2.05, 4.69) is 31.7 Å². The molecule has 0 aromatic carbocycles. The highest BCUT2D eigenvalue weighted by Gasteiger charge is 2.34. The van der Waals surface area contributed by atoms with Crippen LogP contribution in [0.3, 0.4) is 0 Å². The Hall–Kier alpha value is -2.64. The predicted molar refractivity (Wildman–Crippen MR) is 179 cm³/mol. The largest absolute Gasteiger partial charge is 0.481 e. The lowest BCUT2D eigenvalue weighted by molar-refractivity contribution is -0.137. The van der Waals surface area contributed by atoms with Crippen LogP contribution in [0.1, 0.15) is 115 Å². The molecule has 8 nitrogen and oxygen atoms in total. The number of rotatable bonds is 16. The van der Waals surface area contributed by atoms with Crippen molar-refractivity contribution >= 4 is 52.1 Å². The summed E-state index contributed by atoms with van der Waals surface area (Å²) in [6.07, 6.45) is 12.9. The monoisotopic (exact) mass is 628 g/mol. The van der Waals surface area contributed by atoms with E-state index in [9.17, 15) is 19.6 Å². The van der Waals surface area contributed by atoms with Gasteiger partial charge < -0.3 is 10.0 Å². The highest BCUT2D eigenvalue weighted by atomic mass is 32.2. The van der Waals surface area contributed by atoms with E-state index in [0.717, 1.165) is 95.1 Å². The Kier molecular flexibility index (Phi) is 13.8. The van der Waals surface area contributed by atoms with Gasteiger partial charge in [0.15, 0.2) is 0 Å². The summed E-state index contributed by atoms with van der Waals surface area (Å²) in [5.41, 5.74) is 1.28. The molecule has 2 saturated heterocycles. The number of anilines is 1. The van der Waals surface area contributed by atoms with Crippen LogP contribution >= 0.6 is 24.0 Å². The van der Waals surface area contributed by atoms with Gasteiger partial charge in [0.25, 0.3) is 11.5 Å². The number of amides is 1. The molecule has 1 amide bonds. The summed E-state index contributed by atoms with van der Waals surface area (Å²) in [7, 11) is 0. The van der Waals surface area contributed by atoms with Gasteiger partial charge in [-0.25, -0.2) is 0 Å². The maximum atomic E-state index is 13.6. The summed E-state index contributed by atoms with van der Waals surface area (Å²) in [4.78, 5) is 42.3. The fourth-order valence-electron chi connectivity index (χ4n) is 6.28. The summed E-state index contributed by atoms with van der Waals surface area (Å²) in [5, 5.41) is 18.7. The molecular weight excluding hydrogens is 581 g/mol. The number of carboxylic acid groups (broad SMARTS) is 1. The molecule has 236 valence electrons. The lowest BCUT2D eigenvalue weighted by Crippen LogP contribution is -2.43. The molecule has 3 heterocycles. The van der Waals surface area contributed by atoms with Crippen molar-refractivity contribution in [3.05, 3.63) is 31.9 Å². The standard InChI is InChI=1S/C33H48N4O4S2/c1-5-6-16-36-30(35-21-23(2)18-24(3)22-35)26(25(4)27(20-34)31(36)40)19-28-32(41)37(33(42)43-28)17-14-12-10-8-7-9-11-13-15-29(38)39/h19,23-24H,5-18,21-22H2,1-4H3,(H,38,39). The fraction of sp³-hybridized carbons (Fsp3) is 0.667. The molecule has 43 heavy (non-hydrogen) atoms. The maximum absolute atomic E-state index is 13.6. The van der Waals surface area contributed by atoms with Gasteiger partial charge in [-0.2, -0.15) is 5.26 Å². The zero-order valence-corrected chi connectivity index (χ0v) is 28.0. The number of aliphatic carboxylic acids is 1. The molecule has 1 aromatic rings. The van der Waals surface area contributed by atoms with E-state index < -0.39 is 5.97 Å². The first-order chi connectivity index (χ1) is 20.6. The number of hydrogen-bond acceptors (Lipinski definition) is 7.